The normalized spacial score (nSPS) is 14.0. The Bertz CT molecular complexity index is 449. The number of hydrogen-bond acceptors (Lipinski definition) is 6. The van der Waals surface area contributed by atoms with E-state index in [0.29, 0.717) is 0 Å². The number of carbonyl (C=O) groups is 3. The van der Waals surface area contributed by atoms with Crippen LogP contribution in [-0.4, -0.2) is 46.4 Å². The molecule has 0 fully saturated rings. The number of aliphatic carboxylic acids is 1. The number of rotatable bonds is 8. The molecule has 0 rings (SSSR count). The van der Waals surface area contributed by atoms with Crippen LogP contribution in [0, 0.1) is 0 Å². The Morgan fingerprint density at radius 2 is 1.76 bits per heavy atom. The number of aliphatic hydroxyl groups is 1. The number of esters is 2. The summed E-state index contributed by atoms with van der Waals surface area (Å²) in [7, 11) is 0. The van der Waals surface area contributed by atoms with Gasteiger partial charge >= 0.3 is 24.0 Å². The van der Waals surface area contributed by atoms with Crippen molar-refractivity contribution in [1.82, 2.24) is 0 Å². The molecule has 1 atom stereocenters. The SMILES string of the molecule is C=C(F)C(F)(F)OC(=O)CC(O)(CC(=O)O)C(=O)OCC. The summed E-state index contributed by atoms with van der Waals surface area (Å²) in [6.07, 6.45) is -7.40. The average Bonchev–Trinajstić information content (AvgIpc) is 2.26. The molecule has 0 heterocycles. The van der Waals surface area contributed by atoms with E-state index in [1.165, 1.54) is 6.92 Å². The molecule has 0 spiro atoms. The first-order valence-corrected chi connectivity index (χ1v) is 5.50. The second kappa shape index (κ2) is 7.07. The van der Waals surface area contributed by atoms with E-state index in [2.05, 4.69) is 16.1 Å². The number of carboxylic acids is 1. The molecule has 2 N–H and O–H groups in total. The lowest BCUT2D eigenvalue weighted by Crippen LogP contribution is -2.45. The van der Waals surface area contributed by atoms with Crippen LogP contribution in [0.25, 0.3) is 0 Å². The van der Waals surface area contributed by atoms with Crippen molar-refractivity contribution in [3.8, 4) is 0 Å². The van der Waals surface area contributed by atoms with Gasteiger partial charge in [0.1, 0.15) is 0 Å². The van der Waals surface area contributed by atoms with Crippen molar-refractivity contribution in [1.29, 1.82) is 0 Å². The number of halogens is 3. The minimum absolute atomic E-state index is 0.257. The monoisotopic (exact) mass is 314 g/mol. The Kier molecular flexibility index (Phi) is 6.36. The van der Waals surface area contributed by atoms with Crippen LogP contribution >= 0.6 is 0 Å². The maximum atomic E-state index is 12.8. The summed E-state index contributed by atoms with van der Waals surface area (Å²) in [6, 6.07) is 0. The molecule has 0 radical (unpaired) electrons. The van der Waals surface area contributed by atoms with E-state index >= 15 is 0 Å². The third-order valence-corrected chi connectivity index (χ3v) is 2.09. The number of ether oxygens (including phenoxy) is 2. The smallest absolute Gasteiger partial charge is 0.455 e. The van der Waals surface area contributed by atoms with Gasteiger partial charge in [-0.05, 0) is 6.92 Å². The highest BCUT2D eigenvalue weighted by Gasteiger charge is 2.46. The highest BCUT2D eigenvalue weighted by Crippen LogP contribution is 2.27. The Hall–Kier alpha value is -2.10. The molecule has 1 unspecified atom stereocenters. The van der Waals surface area contributed by atoms with Gasteiger partial charge in [0, 0.05) is 0 Å². The van der Waals surface area contributed by atoms with Crippen molar-refractivity contribution in [2.75, 3.05) is 6.61 Å². The molecule has 10 heteroatoms. The number of hydrogen-bond donors (Lipinski definition) is 2. The Labute approximate surface area is 116 Å². The average molecular weight is 314 g/mol. The summed E-state index contributed by atoms with van der Waals surface area (Å²) in [5.74, 6) is -7.38. The molecule has 0 aliphatic heterocycles. The molecule has 120 valence electrons. The first-order chi connectivity index (χ1) is 9.44. The van der Waals surface area contributed by atoms with E-state index in [4.69, 9.17) is 5.11 Å². The quantitative estimate of drug-likeness (QED) is 0.636. The third-order valence-electron chi connectivity index (χ3n) is 2.09. The minimum atomic E-state index is -4.66. The van der Waals surface area contributed by atoms with Gasteiger partial charge in [-0.3, -0.25) is 9.59 Å². The van der Waals surface area contributed by atoms with Gasteiger partial charge in [0.25, 0.3) is 0 Å². The van der Waals surface area contributed by atoms with Gasteiger partial charge in [0.2, 0.25) is 5.83 Å². The fraction of sp³-hybridized carbons (Fsp3) is 0.545. The molecular weight excluding hydrogens is 301 g/mol. The van der Waals surface area contributed by atoms with E-state index in [0.717, 1.165) is 0 Å². The molecule has 0 aliphatic rings. The van der Waals surface area contributed by atoms with Crippen LogP contribution in [-0.2, 0) is 23.9 Å². The van der Waals surface area contributed by atoms with Crippen LogP contribution < -0.4 is 0 Å². The minimum Gasteiger partial charge on any atom is -0.481 e. The van der Waals surface area contributed by atoms with E-state index in [-0.39, 0.29) is 6.61 Å². The zero-order valence-electron chi connectivity index (χ0n) is 10.9. The van der Waals surface area contributed by atoms with Gasteiger partial charge in [-0.15, -0.1) is 0 Å². The van der Waals surface area contributed by atoms with Gasteiger partial charge in [0.15, 0.2) is 5.60 Å². The van der Waals surface area contributed by atoms with Crippen LogP contribution in [0.3, 0.4) is 0 Å². The van der Waals surface area contributed by atoms with Crippen molar-refractivity contribution >= 4 is 17.9 Å². The maximum Gasteiger partial charge on any atom is 0.455 e. The number of carbonyl (C=O) groups excluding carboxylic acids is 2. The van der Waals surface area contributed by atoms with Crippen LogP contribution in [0.1, 0.15) is 19.8 Å². The topological polar surface area (TPSA) is 110 Å². The molecule has 0 aliphatic carbocycles. The molecule has 0 saturated heterocycles. The lowest BCUT2D eigenvalue weighted by atomic mass is 9.96. The van der Waals surface area contributed by atoms with Crippen LogP contribution in [0.2, 0.25) is 0 Å². The van der Waals surface area contributed by atoms with E-state index < -0.39 is 48.3 Å². The molecule has 0 saturated carbocycles. The zero-order valence-corrected chi connectivity index (χ0v) is 10.9. The Morgan fingerprint density at radius 1 is 1.24 bits per heavy atom. The standard InChI is InChI=1S/C11H13F3O7/c1-3-20-9(18)10(19,4-7(15)16)5-8(17)21-11(13,14)6(2)12/h19H,2-5H2,1H3,(H,15,16). The predicted molar refractivity (Wildman–Crippen MR) is 59.7 cm³/mol. The van der Waals surface area contributed by atoms with E-state index in [1.807, 2.05) is 0 Å². The second-order valence-corrected chi connectivity index (χ2v) is 3.90. The highest BCUT2D eigenvalue weighted by atomic mass is 19.3. The van der Waals surface area contributed by atoms with Gasteiger partial charge in [-0.2, -0.15) is 8.78 Å². The largest absolute Gasteiger partial charge is 0.481 e. The molecule has 0 bridgehead atoms. The van der Waals surface area contributed by atoms with Crippen molar-refractivity contribution in [3.63, 3.8) is 0 Å². The highest BCUT2D eigenvalue weighted by molar-refractivity contribution is 5.89. The maximum absolute atomic E-state index is 12.8. The summed E-state index contributed by atoms with van der Waals surface area (Å²) in [4.78, 5) is 33.2. The lowest BCUT2D eigenvalue weighted by molar-refractivity contribution is -0.224. The van der Waals surface area contributed by atoms with Crippen molar-refractivity contribution < 1.29 is 47.2 Å². The fourth-order valence-corrected chi connectivity index (χ4v) is 1.20. The number of alkyl halides is 2. The first kappa shape index (κ1) is 18.9. The third kappa shape index (κ3) is 5.81. The fourth-order valence-electron chi connectivity index (χ4n) is 1.20. The molecule has 7 nitrogen and oxygen atoms in total. The van der Waals surface area contributed by atoms with Gasteiger partial charge < -0.3 is 19.7 Å². The van der Waals surface area contributed by atoms with Crippen molar-refractivity contribution in [3.05, 3.63) is 12.4 Å². The Balaban J connectivity index is 5.06. The zero-order chi connectivity index (χ0) is 16.8. The molecule has 0 aromatic carbocycles. The summed E-state index contributed by atoms with van der Waals surface area (Å²) in [5.41, 5.74) is -2.91. The summed E-state index contributed by atoms with van der Waals surface area (Å²) >= 11 is 0. The number of carboxylic acid groups (broad SMARTS) is 1. The molecular formula is C11H13F3O7. The first-order valence-electron chi connectivity index (χ1n) is 5.50. The summed E-state index contributed by atoms with van der Waals surface area (Å²) in [5, 5.41) is 18.3. The second-order valence-electron chi connectivity index (χ2n) is 3.90. The van der Waals surface area contributed by atoms with Gasteiger partial charge in [-0.1, -0.05) is 6.58 Å². The van der Waals surface area contributed by atoms with Crippen molar-refractivity contribution in [2.24, 2.45) is 0 Å². The lowest BCUT2D eigenvalue weighted by Gasteiger charge is -2.24. The van der Waals surface area contributed by atoms with E-state index in [1.54, 1.807) is 0 Å². The summed E-state index contributed by atoms with van der Waals surface area (Å²) in [6.45, 7) is 3.32. The molecule has 0 amide bonds. The van der Waals surface area contributed by atoms with Crippen molar-refractivity contribution in [2.45, 2.75) is 31.5 Å². The van der Waals surface area contributed by atoms with Crippen LogP contribution in [0.4, 0.5) is 13.2 Å². The summed E-state index contributed by atoms with van der Waals surface area (Å²) < 4.78 is 45.5. The van der Waals surface area contributed by atoms with Gasteiger partial charge in [-0.25, -0.2) is 9.18 Å². The van der Waals surface area contributed by atoms with Crippen LogP contribution in [0.5, 0.6) is 0 Å². The molecule has 0 aromatic heterocycles. The predicted octanol–water partition coefficient (Wildman–Crippen LogP) is 0.765. The Morgan fingerprint density at radius 3 is 2.14 bits per heavy atom. The molecule has 21 heavy (non-hydrogen) atoms. The van der Waals surface area contributed by atoms with Crippen LogP contribution in [0.15, 0.2) is 12.4 Å². The van der Waals surface area contributed by atoms with E-state index in [9.17, 15) is 32.7 Å². The van der Waals surface area contributed by atoms with Gasteiger partial charge in [0.05, 0.1) is 19.4 Å². The molecule has 0 aromatic rings.